The predicted octanol–water partition coefficient (Wildman–Crippen LogP) is 1.33. The molecule has 0 radical (unpaired) electrons. The predicted molar refractivity (Wildman–Crippen MR) is 67.5 cm³/mol. The summed E-state index contributed by atoms with van der Waals surface area (Å²) in [4.78, 5) is 26.1. The Morgan fingerprint density at radius 2 is 2.18 bits per heavy atom. The molecule has 17 heavy (non-hydrogen) atoms. The lowest BCUT2D eigenvalue weighted by atomic mass is 9.85. The zero-order chi connectivity index (χ0) is 12.4. The van der Waals surface area contributed by atoms with Crippen molar-refractivity contribution in [3.63, 3.8) is 0 Å². The highest BCUT2D eigenvalue weighted by Gasteiger charge is 2.17. The first kappa shape index (κ1) is 12.0. The Morgan fingerprint density at radius 3 is 2.65 bits per heavy atom. The second kappa shape index (κ2) is 4.77. The van der Waals surface area contributed by atoms with Crippen molar-refractivity contribution < 1.29 is 0 Å². The summed E-state index contributed by atoms with van der Waals surface area (Å²) >= 11 is 0. The highest BCUT2D eigenvalue weighted by Crippen LogP contribution is 2.25. The van der Waals surface area contributed by atoms with Crippen LogP contribution in [0.15, 0.2) is 15.7 Å². The summed E-state index contributed by atoms with van der Waals surface area (Å²) in [6.45, 7) is 4.47. The topological polar surface area (TPSA) is 66.9 Å². The molecule has 0 bridgehead atoms. The Labute approximate surface area is 99.9 Å². The fourth-order valence-corrected chi connectivity index (χ4v) is 2.04. The first-order valence-corrected chi connectivity index (χ1v) is 6.17. The fraction of sp³-hybridized carbons (Fsp3) is 0.667. The van der Waals surface area contributed by atoms with Crippen molar-refractivity contribution in [2.24, 2.45) is 5.92 Å². The van der Waals surface area contributed by atoms with E-state index in [4.69, 9.17) is 0 Å². The van der Waals surface area contributed by atoms with Gasteiger partial charge in [0, 0.05) is 18.7 Å². The molecule has 0 saturated heterocycles. The maximum absolute atomic E-state index is 11.7. The van der Waals surface area contributed by atoms with Crippen LogP contribution in [-0.4, -0.2) is 16.1 Å². The summed E-state index contributed by atoms with van der Waals surface area (Å²) in [7, 11) is 0. The molecular weight excluding hydrogens is 218 g/mol. The lowest BCUT2D eigenvalue weighted by Gasteiger charge is -2.25. The van der Waals surface area contributed by atoms with E-state index in [0.29, 0.717) is 11.7 Å². The maximum Gasteiger partial charge on any atom is 0.330 e. The molecule has 94 valence electrons. The van der Waals surface area contributed by atoms with Crippen LogP contribution in [0, 0.1) is 5.92 Å². The summed E-state index contributed by atoms with van der Waals surface area (Å²) in [6, 6.07) is 1.34. The first-order chi connectivity index (χ1) is 8.08. The van der Waals surface area contributed by atoms with Gasteiger partial charge >= 0.3 is 5.69 Å². The molecule has 5 nitrogen and oxygen atoms in total. The molecule has 1 aliphatic rings. The molecule has 1 aliphatic carbocycles. The molecule has 0 spiro atoms. The molecule has 0 aromatic carbocycles. The van der Waals surface area contributed by atoms with E-state index < -0.39 is 0 Å². The number of nitrogens with one attached hydrogen (secondary N) is 2. The average molecular weight is 237 g/mol. The molecule has 1 saturated carbocycles. The minimum absolute atomic E-state index is 0.119. The third-order valence-corrected chi connectivity index (χ3v) is 3.29. The zero-order valence-electron chi connectivity index (χ0n) is 10.3. The Balaban J connectivity index is 2.14. The Hall–Kier alpha value is -1.52. The Kier molecular flexibility index (Phi) is 3.36. The average Bonchev–Trinajstić information content (AvgIpc) is 2.13. The lowest BCUT2D eigenvalue weighted by Crippen LogP contribution is -2.36. The molecule has 2 rings (SSSR count). The summed E-state index contributed by atoms with van der Waals surface area (Å²) in [5, 5.41) is 3.13. The zero-order valence-corrected chi connectivity index (χ0v) is 10.3. The largest absolute Gasteiger partial charge is 0.371 e. The van der Waals surface area contributed by atoms with Crippen LogP contribution >= 0.6 is 0 Å². The van der Waals surface area contributed by atoms with Crippen LogP contribution in [0.1, 0.15) is 39.2 Å². The molecular formula is C12H19N3O2. The number of aromatic nitrogens is 2. The van der Waals surface area contributed by atoms with Crippen LogP contribution in [0.4, 0.5) is 5.82 Å². The Bertz CT molecular complexity index is 466. The summed E-state index contributed by atoms with van der Waals surface area (Å²) < 4.78 is 1.22. The van der Waals surface area contributed by atoms with E-state index >= 15 is 0 Å². The number of aromatic amines is 1. The van der Waals surface area contributed by atoms with Crippen LogP contribution in [-0.2, 0) is 0 Å². The number of hydrogen-bond donors (Lipinski definition) is 2. The van der Waals surface area contributed by atoms with Gasteiger partial charge in [-0.25, -0.2) is 4.79 Å². The smallest absolute Gasteiger partial charge is 0.330 e. The Morgan fingerprint density at radius 1 is 1.47 bits per heavy atom. The van der Waals surface area contributed by atoms with Crippen LogP contribution in [0.2, 0.25) is 0 Å². The third kappa shape index (κ3) is 2.60. The van der Waals surface area contributed by atoms with E-state index in [2.05, 4.69) is 10.3 Å². The van der Waals surface area contributed by atoms with E-state index in [9.17, 15) is 9.59 Å². The van der Waals surface area contributed by atoms with Gasteiger partial charge in [-0.2, -0.15) is 0 Å². The third-order valence-electron chi connectivity index (χ3n) is 3.29. The van der Waals surface area contributed by atoms with Gasteiger partial charge in [-0.15, -0.1) is 0 Å². The SMILES string of the molecule is CC(C)n1c(=O)cc(NCC2CCC2)[nH]c1=O. The van der Waals surface area contributed by atoms with Crippen molar-refractivity contribution in [3.05, 3.63) is 26.9 Å². The number of rotatable bonds is 4. The second-order valence-electron chi connectivity index (χ2n) is 4.97. The van der Waals surface area contributed by atoms with Crippen molar-refractivity contribution >= 4 is 5.82 Å². The van der Waals surface area contributed by atoms with Crippen molar-refractivity contribution in [1.82, 2.24) is 9.55 Å². The molecule has 5 heteroatoms. The molecule has 0 aliphatic heterocycles. The van der Waals surface area contributed by atoms with E-state index in [1.54, 1.807) is 0 Å². The molecule has 0 amide bonds. The molecule has 1 aromatic rings. The van der Waals surface area contributed by atoms with Crippen molar-refractivity contribution in [2.45, 2.75) is 39.2 Å². The number of nitrogens with zero attached hydrogens (tertiary/aromatic N) is 1. The number of hydrogen-bond acceptors (Lipinski definition) is 3. The van der Waals surface area contributed by atoms with Crippen LogP contribution in [0.5, 0.6) is 0 Å². The van der Waals surface area contributed by atoms with Crippen molar-refractivity contribution in [3.8, 4) is 0 Å². The normalized spacial score (nSPS) is 15.9. The van der Waals surface area contributed by atoms with E-state index in [1.807, 2.05) is 13.8 Å². The number of anilines is 1. The van der Waals surface area contributed by atoms with E-state index in [1.165, 1.54) is 29.9 Å². The van der Waals surface area contributed by atoms with Crippen molar-refractivity contribution in [1.29, 1.82) is 0 Å². The second-order valence-corrected chi connectivity index (χ2v) is 4.97. The quantitative estimate of drug-likeness (QED) is 0.830. The molecule has 1 fully saturated rings. The maximum atomic E-state index is 11.7. The summed E-state index contributed by atoms with van der Waals surface area (Å²) in [5.41, 5.74) is -0.594. The minimum Gasteiger partial charge on any atom is -0.371 e. The first-order valence-electron chi connectivity index (χ1n) is 6.17. The van der Waals surface area contributed by atoms with Crippen LogP contribution in [0.3, 0.4) is 0 Å². The van der Waals surface area contributed by atoms with E-state index in [-0.39, 0.29) is 17.3 Å². The van der Waals surface area contributed by atoms with Gasteiger partial charge in [0.1, 0.15) is 5.82 Å². The molecule has 0 unspecified atom stereocenters. The van der Waals surface area contributed by atoms with Gasteiger partial charge in [0.25, 0.3) is 5.56 Å². The fourth-order valence-electron chi connectivity index (χ4n) is 2.04. The van der Waals surface area contributed by atoms with Gasteiger partial charge in [0.05, 0.1) is 0 Å². The monoisotopic (exact) mass is 237 g/mol. The summed E-state index contributed by atoms with van der Waals surface area (Å²) in [5.74, 6) is 1.22. The summed E-state index contributed by atoms with van der Waals surface area (Å²) in [6.07, 6.45) is 3.76. The minimum atomic E-state index is -0.344. The number of H-pyrrole nitrogens is 1. The van der Waals surface area contributed by atoms with Gasteiger partial charge in [-0.05, 0) is 32.6 Å². The van der Waals surface area contributed by atoms with Gasteiger partial charge in [-0.3, -0.25) is 14.3 Å². The van der Waals surface area contributed by atoms with Gasteiger partial charge < -0.3 is 5.32 Å². The molecule has 1 heterocycles. The standard InChI is InChI=1S/C12H19N3O2/c1-8(2)15-11(16)6-10(14-12(15)17)13-7-9-4-3-5-9/h6,8-9,13H,3-5,7H2,1-2H3,(H,14,17). The van der Waals surface area contributed by atoms with Crippen LogP contribution in [0.25, 0.3) is 0 Å². The highest BCUT2D eigenvalue weighted by molar-refractivity contribution is 5.32. The van der Waals surface area contributed by atoms with Gasteiger partial charge in [0.15, 0.2) is 0 Å². The molecule has 0 atom stereocenters. The van der Waals surface area contributed by atoms with E-state index in [0.717, 1.165) is 6.54 Å². The molecule has 1 aromatic heterocycles. The van der Waals surface area contributed by atoms with Crippen LogP contribution < -0.4 is 16.6 Å². The lowest BCUT2D eigenvalue weighted by molar-refractivity contribution is 0.333. The highest BCUT2D eigenvalue weighted by atomic mass is 16.2. The van der Waals surface area contributed by atoms with Crippen molar-refractivity contribution in [2.75, 3.05) is 11.9 Å². The van der Waals surface area contributed by atoms with Gasteiger partial charge in [-0.1, -0.05) is 6.42 Å². The van der Waals surface area contributed by atoms with Gasteiger partial charge in [0.2, 0.25) is 0 Å². The molecule has 2 N–H and O–H groups in total.